The SMILES string of the molecule is ON1CC(c2ccccc2)C1. The van der Waals surface area contributed by atoms with Crippen molar-refractivity contribution in [1.29, 1.82) is 0 Å². The molecular weight excluding hydrogens is 138 g/mol. The van der Waals surface area contributed by atoms with Crippen LogP contribution in [0.3, 0.4) is 0 Å². The van der Waals surface area contributed by atoms with Crippen LogP contribution in [0.15, 0.2) is 30.3 Å². The Kier molecular flexibility index (Phi) is 1.64. The van der Waals surface area contributed by atoms with Crippen LogP contribution in [0.4, 0.5) is 0 Å². The lowest BCUT2D eigenvalue weighted by molar-refractivity contribution is -0.149. The summed E-state index contributed by atoms with van der Waals surface area (Å²) in [5, 5.41) is 10.3. The molecular formula is C9H11NO. The first-order chi connectivity index (χ1) is 5.36. The molecule has 11 heavy (non-hydrogen) atoms. The van der Waals surface area contributed by atoms with Crippen LogP contribution >= 0.6 is 0 Å². The predicted octanol–water partition coefficient (Wildman–Crippen LogP) is 1.47. The van der Waals surface area contributed by atoms with Gasteiger partial charge in [-0.05, 0) is 5.56 Å². The molecule has 1 fully saturated rings. The number of nitrogens with zero attached hydrogens (tertiary/aromatic N) is 1. The zero-order valence-electron chi connectivity index (χ0n) is 6.27. The Morgan fingerprint density at radius 2 is 1.82 bits per heavy atom. The minimum absolute atomic E-state index is 0.543. The van der Waals surface area contributed by atoms with Crippen LogP contribution in [0.1, 0.15) is 11.5 Å². The molecule has 1 aliphatic rings. The molecule has 0 spiro atoms. The summed E-state index contributed by atoms with van der Waals surface area (Å²) in [7, 11) is 0. The largest absolute Gasteiger partial charge is 0.314 e. The fourth-order valence-corrected chi connectivity index (χ4v) is 1.39. The lowest BCUT2D eigenvalue weighted by Crippen LogP contribution is -2.42. The van der Waals surface area contributed by atoms with Crippen molar-refractivity contribution >= 4 is 0 Å². The number of benzene rings is 1. The van der Waals surface area contributed by atoms with E-state index in [0.717, 1.165) is 13.1 Å². The average molecular weight is 149 g/mol. The Labute approximate surface area is 66.0 Å². The first kappa shape index (κ1) is 6.83. The van der Waals surface area contributed by atoms with E-state index >= 15 is 0 Å². The molecule has 0 unspecified atom stereocenters. The van der Waals surface area contributed by atoms with Crippen molar-refractivity contribution in [3.8, 4) is 0 Å². The minimum Gasteiger partial charge on any atom is -0.314 e. The van der Waals surface area contributed by atoms with Gasteiger partial charge in [-0.15, -0.1) is 0 Å². The fourth-order valence-electron chi connectivity index (χ4n) is 1.39. The predicted molar refractivity (Wildman–Crippen MR) is 42.5 cm³/mol. The second-order valence-electron chi connectivity index (χ2n) is 2.98. The summed E-state index contributed by atoms with van der Waals surface area (Å²) in [5.74, 6) is 0.543. The summed E-state index contributed by atoms with van der Waals surface area (Å²) < 4.78 is 0. The van der Waals surface area contributed by atoms with Crippen molar-refractivity contribution in [2.24, 2.45) is 0 Å². The molecule has 1 saturated heterocycles. The van der Waals surface area contributed by atoms with Gasteiger partial charge in [0.25, 0.3) is 0 Å². The highest BCUT2D eigenvalue weighted by atomic mass is 16.5. The van der Waals surface area contributed by atoms with E-state index in [1.165, 1.54) is 10.6 Å². The van der Waals surface area contributed by atoms with E-state index in [1.807, 2.05) is 18.2 Å². The van der Waals surface area contributed by atoms with Crippen LogP contribution in [0.25, 0.3) is 0 Å². The smallest absolute Gasteiger partial charge is 0.0320 e. The number of hydrogen-bond donors (Lipinski definition) is 1. The Bertz CT molecular complexity index is 229. The molecule has 2 rings (SSSR count). The molecule has 2 nitrogen and oxygen atoms in total. The highest BCUT2D eigenvalue weighted by Crippen LogP contribution is 2.24. The van der Waals surface area contributed by atoms with Gasteiger partial charge in [0.15, 0.2) is 0 Å². The summed E-state index contributed by atoms with van der Waals surface area (Å²) in [4.78, 5) is 0. The number of hydroxylamine groups is 2. The van der Waals surface area contributed by atoms with Crippen molar-refractivity contribution in [3.05, 3.63) is 35.9 Å². The average Bonchev–Trinajstić information content (AvgIpc) is 2.01. The first-order valence-corrected chi connectivity index (χ1v) is 3.85. The molecule has 1 heterocycles. The standard InChI is InChI=1S/C9H11NO/c11-10-6-9(7-10)8-4-2-1-3-5-8/h1-5,9,11H,6-7H2. The van der Waals surface area contributed by atoms with Crippen LogP contribution in [0.2, 0.25) is 0 Å². The Hall–Kier alpha value is -0.860. The molecule has 0 radical (unpaired) electrons. The third-order valence-corrected chi connectivity index (χ3v) is 2.13. The summed E-state index contributed by atoms with van der Waals surface area (Å²) in [6.07, 6.45) is 0. The molecule has 0 amide bonds. The van der Waals surface area contributed by atoms with Crippen molar-refractivity contribution in [1.82, 2.24) is 5.06 Å². The van der Waals surface area contributed by atoms with Crippen LogP contribution in [-0.4, -0.2) is 23.4 Å². The van der Waals surface area contributed by atoms with E-state index < -0.39 is 0 Å². The molecule has 2 heteroatoms. The van der Waals surface area contributed by atoms with Gasteiger partial charge in [0, 0.05) is 19.0 Å². The molecule has 0 bridgehead atoms. The zero-order chi connectivity index (χ0) is 7.68. The minimum atomic E-state index is 0.543. The Morgan fingerprint density at radius 1 is 1.18 bits per heavy atom. The van der Waals surface area contributed by atoms with Crippen molar-refractivity contribution in [3.63, 3.8) is 0 Å². The van der Waals surface area contributed by atoms with Crippen LogP contribution < -0.4 is 0 Å². The topological polar surface area (TPSA) is 23.5 Å². The van der Waals surface area contributed by atoms with Crippen molar-refractivity contribution in [2.45, 2.75) is 5.92 Å². The van der Waals surface area contributed by atoms with Crippen LogP contribution in [0.5, 0.6) is 0 Å². The Balaban J connectivity index is 2.08. The monoisotopic (exact) mass is 149 g/mol. The highest BCUT2D eigenvalue weighted by Gasteiger charge is 2.25. The maximum Gasteiger partial charge on any atom is 0.0320 e. The lowest BCUT2D eigenvalue weighted by Gasteiger charge is -2.34. The second-order valence-corrected chi connectivity index (χ2v) is 2.98. The van der Waals surface area contributed by atoms with Gasteiger partial charge in [0.2, 0.25) is 0 Å². The first-order valence-electron chi connectivity index (χ1n) is 3.85. The molecule has 0 saturated carbocycles. The third kappa shape index (κ3) is 1.27. The van der Waals surface area contributed by atoms with Crippen molar-refractivity contribution < 1.29 is 5.21 Å². The lowest BCUT2D eigenvalue weighted by atomic mass is 9.94. The van der Waals surface area contributed by atoms with Gasteiger partial charge in [0.05, 0.1) is 0 Å². The fraction of sp³-hybridized carbons (Fsp3) is 0.333. The molecule has 1 aromatic rings. The Morgan fingerprint density at radius 3 is 2.36 bits per heavy atom. The van der Waals surface area contributed by atoms with Gasteiger partial charge in [-0.3, -0.25) is 0 Å². The highest BCUT2D eigenvalue weighted by molar-refractivity contribution is 5.21. The normalized spacial score (nSPS) is 19.7. The van der Waals surface area contributed by atoms with Crippen LogP contribution in [0, 0.1) is 0 Å². The molecule has 1 aliphatic heterocycles. The van der Waals surface area contributed by atoms with Gasteiger partial charge in [0.1, 0.15) is 0 Å². The second kappa shape index (κ2) is 2.64. The van der Waals surface area contributed by atoms with Gasteiger partial charge < -0.3 is 5.21 Å². The zero-order valence-corrected chi connectivity index (χ0v) is 6.27. The molecule has 0 atom stereocenters. The number of hydrogen-bond acceptors (Lipinski definition) is 2. The van der Waals surface area contributed by atoms with E-state index in [2.05, 4.69) is 12.1 Å². The maximum atomic E-state index is 8.91. The summed E-state index contributed by atoms with van der Waals surface area (Å²) in [6, 6.07) is 10.3. The maximum absolute atomic E-state index is 8.91. The molecule has 0 aliphatic carbocycles. The third-order valence-electron chi connectivity index (χ3n) is 2.13. The van der Waals surface area contributed by atoms with Gasteiger partial charge in [-0.25, -0.2) is 0 Å². The van der Waals surface area contributed by atoms with E-state index in [-0.39, 0.29) is 0 Å². The van der Waals surface area contributed by atoms with Gasteiger partial charge in [-0.1, -0.05) is 30.3 Å². The van der Waals surface area contributed by atoms with Gasteiger partial charge >= 0.3 is 0 Å². The summed E-state index contributed by atoms with van der Waals surface area (Å²) in [5.41, 5.74) is 1.33. The summed E-state index contributed by atoms with van der Waals surface area (Å²) in [6.45, 7) is 1.56. The molecule has 1 N–H and O–H groups in total. The van der Waals surface area contributed by atoms with Crippen molar-refractivity contribution in [2.75, 3.05) is 13.1 Å². The van der Waals surface area contributed by atoms with E-state index in [9.17, 15) is 0 Å². The molecule has 0 aromatic heterocycles. The van der Waals surface area contributed by atoms with E-state index in [1.54, 1.807) is 0 Å². The number of rotatable bonds is 1. The van der Waals surface area contributed by atoms with Gasteiger partial charge in [-0.2, -0.15) is 5.06 Å². The van der Waals surface area contributed by atoms with E-state index in [0.29, 0.717) is 5.92 Å². The van der Waals surface area contributed by atoms with Crippen LogP contribution in [-0.2, 0) is 0 Å². The molecule has 58 valence electrons. The van der Waals surface area contributed by atoms with E-state index in [4.69, 9.17) is 5.21 Å². The molecule has 1 aromatic carbocycles. The summed E-state index contributed by atoms with van der Waals surface area (Å²) >= 11 is 0. The quantitative estimate of drug-likeness (QED) is 0.653.